The molecule has 0 saturated heterocycles. The number of carbonyl (C=O) groups excluding carboxylic acids is 1. The fourth-order valence-corrected chi connectivity index (χ4v) is 3.10. The van der Waals surface area contributed by atoms with Crippen LogP contribution in [0.5, 0.6) is 0 Å². The Morgan fingerprint density at radius 2 is 2.07 bits per heavy atom. The molecule has 0 unspecified atom stereocenters. The lowest BCUT2D eigenvalue weighted by molar-refractivity contribution is -0.160. The molecule has 3 aliphatic rings. The Balaban J connectivity index is 2.04. The topological polar surface area (TPSA) is 54.4 Å². The molecule has 2 bridgehead atoms. The van der Waals surface area contributed by atoms with Crippen molar-refractivity contribution in [1.29, 1.82) is 0 Å². The van der Waals surface area contributed by atoms with Crippen LogP contribution in [0.25, 0.3) is 0 Å². The molecule has 0 amide bonds. The van der Waals surface area contributed by atoms with Gasteiger partial charge in [-0.15, -0.1) is 0 Å². The van der Waals surface area contributed by atoms with E-state index in [1.807, 2.05) is 0 Å². The summed E-state index contributed by atoms with van der Waals surface area (Å²) < 4.78 is 0. The minimum absolute atomic E-state index is 0.138. The zero-order valence-corrected chi connectivity index (χ0v) is 9.38. The number of rotatable bonds is 3. The molecule has 0 heterocycles. The number of carboxylic acids is 1. The minimum Gasteiger partial charge on any atom is -0.481 e. The van der Waals surface area contributed by atoms with E-state index in [9.17, 15) is 9.59 Å². The lowest BCUT2D eigenvalue weighted by Gasteiger charge is -2.58. The first-order valence-corrected chi connectivity index (χ1v) is 5.61. The lowest BCUT2D eigenvalue weighted by atomic mass is 9.44. The van der Waals surface area contributed by atoms with Crippen LogP contribution in [0.2, 0.25) is 0 Å². The molecule has 3 nitrogen and oxygen atoms in total. The standard InChI is InChI=1S/C12H18O3/c1-11(2)7-9(13)12(4-3-10(14)15)5-8(11)6-12/h8H,3-7H2,1-2H3,(H,14,15). The number of aliphatic carboxylic acids is 1. The first-order chi connectivity index (χ1) is 6.86. The van der Waals surface area contributed by atoms with Crippen LogP contribution in [0.1, 0.15) is 46.0 Å². The van der Waals surface area contributed by atoms with Crippen molar-refractivity contribution in [3.8, 4) is 0 Å². The maximum Gasteiger partial charge on any atom is 0.303 e. The van der Waals surface area contributed by atoms with Gasteiger partial charge in [0.1, 0.15) is 5.78 Å². The number of hydrogen-bond donors (Lipinski definition) is 1. The van der Waals surface area contributed by atoms with Crippen LogP contribution in [0.15, 0.2) is 0 Å². The highest BCUT2D eigenvalue weighted by Crippen LogP contribution is 2.62. The van der Waals surface area contributed by atoms with Gasteiger partial charge in [0.05, 0.1) is 0 Å². The van der Waals surface area contributed by atoms with Gasteiger partial charge in [-0.1, -0.05) is 13.8 Å². The van der Waals surface area contributed by atoms with Gasteiger partial charge in [-0.05, 0) is 30.6 Å². The van der Waals surface area contributed by atoms with E-state index in [4.69, 9.17) is 5.11 Å². The fraction of sp³-hybridized carbons (Fsp3) is 0.833. The Morgan fingerprint density at radius 3 is 2.53 bits per heavy atom. The number of Topliss-reactive ketones (excluding diaryl/α,β-unsaturated/α-hetero) is 1. The van der Waals surface area contributed by atoms with Crippen LogP contribution >= 0.6 is 0 Å². The van der Waals surface area contributed by atoms with E-state index >= 15 is 0 Å². The van der Waals surface area contributed by atoms with E-state index < -0.39 is 5.97 Å². The van der Waals surface area contributed by atoms with E-state index in [-0.39, 0.29) is 17.3 Å². The zero-order chi connectivity index (χ0) is 11.3. The van der Waals surface area contributed by atoms with Crippen molar-refractivity contribution in [2.24, 2.45) is 16.7 Å². The van der Waals surface area contributed by atoms with Crippen molar-refractivity contribution < 1.29 is 14.7 Å². The summed E-state index contributed by atoms with van der Waals surface area (Å²) in [5.74, 6) is 0.144. The number of fused-ring (bicyclic) bond motifs is 2. The minimum atomic E-state index is -0.787. The summed E-state index contributed by atoms with van der Waals surface area (Å²) in [4.78, 5) is 22.5. The molecular formula is C12H18O3. The molecule has 0 aromatic heterocycles. The quantitative estimate of drug-likeness (QED) is 0.777. The molecule has 84 valence electrons. The molecule has 3 fully saturated rings. The van der Waals surface area contributed by atoms with Gasteiger partial charge in [0.15, 0.2) is 0 Å². The Bertz CT molecular complexity index is 311. The molecule has 1 N–H and O–H groups in total. The number of carboxylic acid groups (broad SMARTS) is 1. The van der Waals surface area contributed by atoms with Gasteiger partial charge >= 0.3 is 5.97 Å². The molecule has 15 heavy (non-hydrogen) atoms. The van der Waals surface area contributed by atoms with Crippen LogP contribution in [0.3, 0.4) is 0 Å². The molecule has 3 heteroatoms. The van der Waals surface area contributed by atoms with Gasteiger partial charge in [-0.25, -0.2) is 0 Å². The van der Waals surface area contributed by atoms with Crippen LogP contribution in [-0.4, -0.2) is 16.9 Å². The zero-order valence-electron chi connectivity index (χ0n) is 9.38. The second-order valence-electron chi connectivity index (χ2n) is 5.87. The summed E-state index contributed by atoms with van der Waals surface area (Å²) in [6.45, 7) is 4.30. The summed E-state index contributed by atoms with van der Waals surface area (Å²) in [5.41, 5.74) is -0.110. The average Bonchev–Trinajstić information content (AvgIpc) is 1.97. The Labute approximate surface area is 89.9 Å². The molecule has 3 aliphatic carbocycles. The maximum absolute atomic E-state index is 12.0. The first-order valence-electron chi connectivity index (χ1n) is 5.61. The number of carbonyl (C=O) groups is 2. The fourth-order valence-electron chi connectivity index (χ4n) is 3.10. The Hall–Kier alpha value is -0.860. The highest BCUT2D eigenvalue weighted by Gasteiger charge is 2.59. The van der Waals surface area contributed by atoms with E-state index in [2.05, 4.69) is 13.8 Å². The first kappa shape index (κ1) is 10.7. The van der Waals surface area contributed by atoms with Crippen molar-refractivity contribution in [3.63, 3.8) is 0 Å². The molecule has 3 saturated carbocycles. The molecule has 0 aromatic carbocycles. The van der Waals surface area contributed by atoms with E-state index in [0.717, 1.165) is 12.8 Å². The van der Waals surface area contributed by atoms with Crippen molar-refractivity contribution in [1.82, 2.24) is 0 Å². The van der Waals surface area contributed by atoms with E-state index in [1.165, 1.54) is 0 Å². The number of ketones is 1. The third-order valence-corrected chi connectivity index (χ3v) is 4.40. The third kappa shape index (κ3) is 1.58. The second-order valence-corrected chi connectivity index (χ2v) is 5.87. The van der Waals surface area contributed by atoms with Gasteiger partial charge in [-0.3, -0.25) is 9.59 Å². The highest BCUT2D eigenvalue weighted by atomic mass is 16.4. The van der Waals surface area contributed by atoms with Gasteiger partial charge < -0.3 is 5.11 Å². The van der Waals surface area contributed by atoms with Gasteiger partial charge in [-0.2, -0.15) is 0 Å². The summed E-state index contributed by atoms with van der Waals surface area (Å²) in [5, 5.41) is 8.65. The molecule has 0 aliphatic heterocycles. The monoisotopic (exact) mass is 210 g/mol. The molecule has 0 radical (unpaired) electrons. The van der Waals surface area contributed by atoms with Gasteiger partial charge in [0, 0.05) is 18.3 Å². The van der Waals surface area contributed by atoms with E-state index in [0.29, 0.717) is 24.5 Å². The van der Waals surface area contributed by atoms with Crippen LogP contribution in [0.4, 0.5) is 0 Å². The van der Waals surface area contributed by atoms with E-state index in [1.54, 1.807) is 0 Å². The SMILES string of the molecule is CC1(C)CC(=O)C2(CCC(=O)O)CC1C2. The Morgan fingerprint density at radius 1 is 1.47 bits per heavy atom. The normalized spacial score (nSPS) is 37.2. The third-order valence-electron chi connectivity index (χ3n) is 4.40. The van der Waals surface area contributed by atoms with Crippen LogP contribution in [0, 0.1) is 16.7 Å². The number of hydrogen-bond acceptors (Lipinski definition) is 2. The smallest absolute Gasteiger partial charge is 0.303 e. The van der Waals surface area contributed by atoms with Crippen molar-refractivity contribution in [2.75, 3.05) is 0 Å². The van der Waals surface area contributed by atoms with Gasteiger partial charge in [0.2, 0.25) is 0 Å². The average molecular weight is 210 g/mol. The van der Waals surface area contributed by atoms with Crippen molar-refractivity contribution in [2.45, 2.75) is 46.0 Å². The largest absolute Gasteiger partial charge is 0.481 e. The maximum atomic E-state index is 12.0. The highest BCUT2D eigenvalue weighted by molar-refractivity contribution is 5.88. The van der Waals surface area contributed by atoms with Crippen LogP contribution < -0.4 is 0 Å². The summed E-state index contributed by atoms with van der Waals surface area (Å²) in [7, 11) is 0. The summed E-state index contributed by atoms with van der Waals surface area (Å²) >= 11 is 0. The summed E-state index contributed by atoms with van der Waals surface area (Å²) in [6, 6.07) is 0. The molecular weight excluding hydrogens is 192 g/mol. The molecule has 0 spiro atoms. The molecule has 3 rings (SSSR count). The lowest BCUT2D eigenvalue weighted by Crippen LogP contribution is -2.56. The molecule has 0 aromatic rings. The van der Waals surface area contributed by atoms with Crippen molar-refractivity contribution in [3.05, 3.63) is 0 Å². The van der Waals surface area contributed by atoms with Crippen molar-refractivity contribution >= 4 is 11.8 Å². The predicted molar refractivity (Wildman–Crippen MR) is 55.4 cm³/mol. The van der Waals surface area contributed by atoms with Gasteiger partial charge in [0.25, 0.3) is 0 Å². The van der Waals surface area contributed by atoms with Crippen LogP contribution in [-0.2, 0) is 9.59 Å². The Kier molecular flexibility index (Phi) is 2.18. The predicted octanol–water partition coefficient (Wildman–Crippen LogP) is 2.25. The second kappa shape index (κ2) is 3.06. The summed E-state index contributed by atoms with van der Waals surface area (Å²) in [6.07, 6.45) is 3.17. The molecule has 0 atom stereocenters.